The zero-order chi connectivity index (χ0) is 14.1. The Morgan fingerprint density at radius 1 is 1.21 bits per heavy atom. The van der Waals surface area contributed by atoms with Crippen LogP contribution < -0.4 is 4.74 Å². The Bertz CT molecular complexity index is 387. The summed E-state index contributed by atoms with van der Waals surface area (Å²) in [6.45, 7) is 4.85. The molecule has 0 saturated heterocycles. The van der Waals surface area contributed by atoms with Crippen LogP contribution in [0.5, 0.6) is 5.75 Å². The van der Waals surface area contributed by atoms with Crippen LogP contribution in [0.25, 0.3) is 0 Å². The van der Waals surface area contributed by atoms with Gasteiger partial charge in [0, 0.05) is 5.56 Å². The van der Waals surface area contributed by atoms with Gasteiger partial charge in [0.1, 0.15) is 5.75 Å². The molecule has 0 bridgehead atoms. The van der Waals surface area contributed by atoms with Crippen LogP contribution in [0.4, 0.5) is 0 Å². The van der Waals surface area contributed by atoms with E-state index in [0.717, 1.165) is 37.0 Å². The van der Waals surface area contributed by atoms with E-state index < -0.39 is 0 Å². The minimum atomic E-state index is -0.224. The van der Waals surface area contributed by atoms with Gasteiger partial charge in [0.05, 0.1) is 19.6 Å². The van der Waals surface area contributed by atoms with Gasteiger partial charge in [0.2, 0.25) is 0 Å². The standard InChI is InChI=1S/C16H24O3/c1-4-6-9-14(16(17)18-3)13-10-7-8-11-15(13)19-12-5-2/h7-8,10-11,14H,4-6,9,12H2,1-3H3. The molecule has 0 spiro atoms. The average Bonchev–Trinajstić information content (AvgIpc) is 2.46. The molecule has 0 heterocycles. The summed E-state index contributed by atoms with van der Waals surface area (Å²) in [5, 5.41) is 0. The Kier molecular flexibility index (Phi) is 7.01. The highest BCUT2D eigenvalue weighted by Gasteiger charge is 2.23. The number of carbonyl (C=O) groups excluding carboxylic acids is 1. The monoisotopic (exact) mass is 264 g/mol. The molecule has 0 aliphatic heterocycles. The number of hydrogen-bond acceptors (Lipinski definition) is 3. The fourth-order valence-corrected chi connectivity index (χ4v) is 2.06. The number of carbonyl (C=O) groups is 1. The molecule has 0 N–H and O–H groups in total. The Labute approximate surface area is 115 Å². The van der Waals surface area contributed by atoms with Crippen LogP contribution in [-0.2, 0) is 9.53 Å². The van der Waals surface area contributed by atoms with Crippen molar-refractivity contribution in [2.24, 2.45) is 0 Å². The molecule has 3 heteroatoms. The van der Waals surface area contributed by atoms with Gasteiger partial charge in [-0.05, 0) is 18.9 Å². The van der Waals surface area contributed by atoms with Gasteiger partial charge in [0.15, 0.2) is 0 Å². The summed E-state index contributed by atoms with van der Waals surface area (Å²) in [6.07, 6.45) is 3.81. The molecule has 1 rings (SSSR count). The van der Waals surface area contributed by atoms with Crippen molar-refractivity contribution in [2.75, 3.05) is 13.7 Å². The van der Waals surface area contributed by atoms with E-state index in [-0.39, 0.29) is 11.9 Å². The summed E-state index contributed by atoms with van der Waals surface area (Å²) in [5.41, 5.74) is 0.941. The first-order chi connectivity index (χ1) is 9.24. The fraction of sp³-hybridized carbons (Fsp3) is 0.562. The SMILES string of the molecule is CCCCC(C(=O)OC)c1ccccc1OCCC. The van der Waals surface area contributed by atoms with Crippen molar-refractivity contribution in [3.8, 4) is 5.75 Å². The van der Waals surface area contributed by atoms with Gasteiger partial charge in [-0.2, -0.15) is 0 Å². The van der Waals surface area contributed by atoms with Crippen LogP contribution in [0, 0.1) is 0 Å². The fourth-order valence-electron chi connectivity index (χ4n) is 2.06. The lowest BCUT2D eigenvalue weighted by atomic mass is 9.93. The zero-order valence-electron chi connectivity index (χ0n) is 12.1. The van der Waals surface area contributed by atoms with E-state index >= 15 is 0 Å². The van der Waals surface area contributed by atoms with E-state index in [2.05, 4.69) is 13.8 Å². The Balaban J connectivity index is 2.96. The van der Waals surface area contributed by atoms with E-state index in [1.807, 2.05) is 24.3 Å². The molecule has 106 valence electrons. The van der Waals surface area contributed by atoms with Gasteiger partial charge in [0.25, 0.3) is 0 Å². The Morgan fingerprint density at radius 3 is 2.58 bits per heavy atom. The molecule has 19 heavy (non-hydrogen) atoms. The zero-order valence-corrected chi connectivity index (χ0v) is 12.1. The van der Waals surface area contributed by atoms with Crippen molar-refractivity contribution in [1.82, 2.24) is 0 Å². The summed E-state index contributed by atoms with van der Waals surface area (Å²) in [4.78, 5) is 12.0. The van der Waals surface area contributed by atoms with Gasteiger partial charge in [-0.3, -0.25) is 4.79 Å². The molecule has 1 aromatic carbocycles. The molecule has 0 saturated carbocycles. The number of para-hydroxylation sites is 1. The van der Waals surface area contributed by atoms with E-state index in [9.17, 15) is 4.79 Å². The molecule has 0 aliphatic carbocycles. The van der Waals surface area contributed by atoms with Crippen LogP contribution in [0.2, 0.25) is 0 Å². The van der Waals surface area contributed by atoms with E-state index in [4.69, 9.17) is 9.47 Å². The number of methoxy groups -OCH3 is 1. The number of unbranched alkanes of at least 4 members (excludes halogenated alkanes) is 1. The van der Waals surface area contributed by atoms with Gasteiger partial charge in [-0.1, -0.05) is 44.9 Å². The number of ether oxygens (including phenoxy) is 2. The molecule has 1 atom stereocenters. The third kappa shape index (κ3) is 4.58. The van der Waals surface area contributed by atoms with Crippen molar-refractivity contribution in [3.63, 3.8) is 0 Å². The second-order valence-corrected chi connectivity index (χ2v) is 4.60. The van der Waals surface area contributed by atoms with Crippen LogP contribution in [0.15, 0.2) is 24.3 Å². The van der Waals surface area contributed by atoms with Gasteiger partial charge in [-0.15, -0.1) is 0 Å². The predicted molar refractivity (Wildman–Crippen MR) is 76.5 cm³/mol. The maximum atomic E-state index is 12.0. The van der Waals surface area contributed by atoms with E-state index in [1.54, 1.807) is 0 Å². The van der Waals surface area contributed by atoms with E-state index in [1.165, 1.54) is 7.11 Å². The van der Waals surface area contributed by atoms with Crippen molar-refractivity contribution in [2.45, 2.75) is 45.4 Å². The van der Waals surface area contributed by atoms with Crippen molar-refractivity contribution >= 4 is 5.97 Å². The molecule has 0 fully saturated rings. The van der Waals surface area contributed by atoms with Crippen LogP contribution >= 0.6 is 0 Å². The summed E-state index contributed by atoms with van der Waals surface area (Å²) >= 11 is 0. The number of rotatable bonds is 8. The molecule has 1 aromatic rings. The summed E-state index contributed by atoms with van der Waals surface area (Å²) < 4.78 is 10.7. The first-order valence-electron chi connectivity index (χ1n) is 7.04. The summed E-state index contributed by atoms with van der Waals surface area (Å²) in [7, 11) is 1.44. The quantitative estimate of drug-likeness (QED) is 0.667. The largest absolute Gasteiger partial charge is 0.493 e. The Morgan fingerprint density at radius 2 is 1.95 bits per heavy atom. The lowest BCUT2D eigenvalue weighted by Gasteiger charge is -2.18. The minimum Gasteiger partial charge on any atom is -0.493 e. The smallest absolute Gasteiger partial charge is 0.313 e. The second-order valence-electron chi connectivity index (χ2n) is 4.60. The number of benzene rings is 1. The molecule has 3 nitrogen and oxygen atoms in total. The van der Waals surface area contributed by atoms with E-state index in [0.29, 0.717) is 6.61 Å². The lowest BCUT2D eigenvalue weighted by Crippen LogP contribution is -2.15. The highest BCUT2D eigenvalue weighted by Crippen LogP contribution is 2.31. The van der Waals surface area contributed by atoms with Gasteiger partial charge in [-0.25, -0.2) is 0 Å². The third-order valence-corrected chi connectivity index (χ3v) is 3.09. The normalized spacial score (nSPS) is 11.9. The molecule has 0 aromatic heterocycles. The maximum absolute atomic E-state index is 12.0. The van der Waals surface area contributed by atoms with Crippen molar-refractivity contribution in [1.29, 1.82) is 0 Å². The van der Waals surface area contributed by atoms with Crippen molar-refractivity contribution in [3.05, 3.63) is 29.8 Å². The molecule has 1 unspecified atom stereocenters. The third-order valence-electron chi connectivity index (χ3n) is 3.09. The lowest BCUT2D eigenvalue weighted by molar-refractivity contribution is -0.142. The summed E-state index contributed by atoms with van der Waals surface area (Å²) in [6, 6.07) is 7.76. The highest BCUT2D eigenvalue weighted by molar-refractivity contribution is 5.79. The predicted octanol–water partition coefficient (Wildman–Crippen LogP) is 3.92. The first-order valence-corrected chi connectivity index (χ1v) is 7.04. The topological polar surface area (TPSA) is 35.5 Å². The number of esters is 1. The van der Waals surface area contributed by atoms with Gasteiger partial charge < -0.3 is 9.47 Å². The molecular formula is C16H24O3. The maximum Gasteiger partial charge on any atom is 0.313 e. The second kappa shape index (κ2) is 8.57. The molecule has 0 radical (unpaired) electrons. The highest BCUT2D eigenvalue weighted by atomic mass is 16.5. The summed E-state index contributed by atoms with van der Waals surface area (Å²) in [5.74, 6) is 0.398. The Hall–Kier alpha value is -1.51. The minimum absolute atomic E-state index is 0.180. The molecular weight excluding hydrogens is 240 g/mol. The van der Waals surface area contributed by atoms with Crippen LogP contribution in [-0.4, -0.2) is 19.7 Å². The molecule has 0 aliphatic rings. The number of hydrogen-bond donors (Lipinski definition) is 0. The van der Waals surface area contributed by atoms with Crippen LogP contribution in [0.1, 0.15) is 51.0 Å². The molecule has 0 amide bonds. The van der Waals surface area contributed by atoms with Gasteiger partial charge >= 0.3 is 5.97 Å². The average molecular weight is 264 g/mol. The van der Waals surface area contributed by atoms with Crippen molar-refractivity contribution < 1.29 is 14.3 Å². The first kappa shape index (κ1) is 15.5. The van der Waals surface area contributed by atoms with Crippen LogP contribution in [0.3, 0.4) is 0 Å².